The van der Waals surface area contributed by atoms with E-state index in [0.29, 0.717) is 24.1 Å². The number of aryl methyl sites for hydroxylation is 1. The van der Waals surface area contributed by atoms with Crippen molar-refractivity contribution in [2.45, 2.75) is 19.9 Å². The van der Waals surface area contributed by atoms with Crippen LogP contribution in [0.4, 0.5) is 10.5 Å². The molecule has 0 fully saturated rings. The monoisotopic (exact) mass is 290 g/mol. The van der Waals surface area contributed by atoms with Gasteiger partial charge >= 0.3 is 6.03 Å². The molecule has 0 saturated carbocycles. The predicted octanol–water partition coefficient (Wildman–Crippen LogP) is 2.20. The summed E-state index contributed by atoms with van der Waals surface area (Å²) in [6.45, 7) is 4.06. The Bertz CT molecular complexity index is 595. The van der Waals surface area contributed by atoms with Crippen LogP contribution in [0.3, 0.4) is 0 Å². The zero-order chi connectivity index (χ0) is 15.2. The van der Waals surface area contributed by atoms with Gasteiger partial charge < -0.3 is 19.8 Å². The molecule has 0 bridgehead atoms. The Hall–Kier alpha value is -2.41. The Morgan fingerprint density at radius 1 is 1.33 bits per heavy atom. The molecule has 1 atom stereocenters. The van der Waals surface area contributed by atoms with Crippen LogP contribution in [0.5, 0.6) is 0 Å². The fourth-order valence-electron chi connectivity index (χ4n) is 1.79. The van der Waals surface area contributed by atoms with E-state index in [1.165, 1.54) is 0 Å². The lowest BCUT2D eigenvalue weighted by Gasteiger charge is -2.13. The Kier molecular flexibility index (Phi) is 4.89. The molecule has 1 aromatic heterocycles. The number of carbonyl (C=O) groups excluding carboxylic acids is 1. The smallest absolute Gasteiger partial charge is 0.319 e. The molecule has 2 aromatic rings. The molecule has 0 aliphatic carbocycles. The van der Waals surface area contributed by atoms with E-state index in [4.69, 9.17) is 9.15 Å². The van der Waals surface area contributed by atoms with Gasteiger partial charge in [-0.1, -0.05) is 0 Å². The molecule has 21 heavy (non-hydrogen) atoms. The molecule has 7 heteroatoms. The number of nitrogens with one attached hydrogen (secondary N) is 2. The largest absolute Gasteiger partial charge is 0.421 e. The summed E-state index contributed by atoms with van der Waals surface area (Å²) in [4.78, 5) is 11.7. The molecule has 0 aliphatic heterocycles. The van der Waals surface area contributed by atoms with Crippen LogP contribution in [-0.4, -0.2) is 36.0 Å². The first-order valence-electron chi connectivity index (χ1n) is 6.55. The van der Waals surface area contributed by atoms with Gasteiger partial charge in [-0.05, 0) is 31.2 Å². The van der Waals surface area contributed by atoms with Gasteiger partial charge in [-0.3, -0.25) is 0 Å². The third kappa shape index (κ3) is 4.28. The molecule has 0 radical (unpaired) electrons. The molecular weight excluding hydrogens is 272 g/mol. The topological polar surface area (TPSA) is 89.3 Å². The number of hydrogen-bond acceptors (Lipinski definition) is 5. The minimum Gasteiger partial charge on any atom is -0.421 e. The minimum absolute atomic E-state index is 0.0596. The first-order chi connectivity index (χ1) is 10.1. The van der Waals surface area contributed by atoms with Gasteiger partial charge in [0.05, 0.1) is 12.6 Å². The lowest BCUT2D eigenvalue weighted by Crippen LogP contribution is -2.38. The SMILES string of the molecule is COC[C@@H](C)NC(=O)Nc1ccc(-c2nnc(C)o2)cc1. The first kappa shape index (κ1) is 15.0. The van der Waals surface area contributed by atoms with Crippen LogP contribution in [0.15, 0.2) is 28.7 Å². The van der Waals surface area contributed by atoms with Gasteiger partial charge in [0.2, 0.25) is 11.8 Å². The quantitative estimate of drug-likeness (QED) is 0.881. The molecule has 0 unspecified atom stereocenters. The van der Waals surface area contributed by atoms with Crippen molar-refractivity contribution in [3.05, 3.63) is 30.2 Å². The van der Waals surface area contributed by atoms with Crippen LogP contribution in [0.2, 0.25) is 0 Å². The number of ether oxygens (including phenoxy) is 1. The number of rotatable bonds is 5. The molecular formula is C14H18N4O3. The highest BCUT2D eigenvalue weighted by Gasteiger charge is 2.08. The number of nitrogens with zero attached hydrogens (tertiary/aromatic N) is 2. The summed E-state index contributed by atoms with van der Waals surface area (Å²) in [5.74, 6) is 0.968. The maximum atomic E-state index is 11.7. The molecule has 2 amide bonds. The number of anilines is 1. The van der Waals surface area contributed by atoms with Crippen molar-refractivity contribution in [1.82, 2.24) is 15.5 Å². The highest BCUT2D eigenvalue weighted by Crippen LogP contribution is 2.19. The van der Waals surface area contributed by atoms with Crippen molar-refractivity contribution < 1.29 is 13.9 Å². The first-order valence-corrected chi connectivity index (χ1v) is 6.55. The lowest BCUT2D eigenvalue weighted by molar-refractivity contribution is 0.173. The molecule has 0 saturated heterocycles. The number of benzene rings is 1. The lowest BCUT2D eigenvalue weighted by atomic mass is 10.2. The van der Waals surface area contributed by atoms with Crippen molar-refractivity contribution >= 4 is 11.7 Å². The molecule has 0 aliphatic rings. The second-order valence-electron chi connectivity index (χ2n) is 4.66. The van der Waals surface area contributed by atoms with Gasteiger partial charge in [0.25, 0.3) is 0 Å². The van der Waals surface area contributed by atoms with Crippen LogP contribution in [0.1, 0.15) is 12.8 Å². The van der Waals surface area contributed by atoms with Crippen LogP contribution in [-0.2, 0) is 4.74 Å². The summed E-state index contributed by atoms with van der Waals surface area (Å²) >= 11 is 0. The van der Waals surface area contributed by atoms with Crippen LogP contribution < -0.4 is 10.6 Å². The number of hydrogen-bond donors (Lipinski definition) is 2. The zero-order valence-corrected chi connectivity index (χ0v) is 12.2. The highest BCUT2D eigenvalue weighted by molar-refractivity contribution is 5.89. The summed E-state index contributed by atoms with van der Waals surface area (Å²) in [5.41, 5.74) is 1.48. The summed E-state index contributed by atoms with van der Waals surface area (Å²) < 4.78 is 10.3. The minimum atomic E-state index is -0.277. The second-order valence-corrected chi connectivity index (χ2v) is 4.66. The Labute approximate surface area is 122 Å². The highest BCUT2D eigenvalue weighted by atomic mass is 16.5. The summed E-state index contributed by atoms with van der Waals surface area (Å²) in [6.07, 6.45) is 0. The molecule has 1 heterocycles. The van der Waals surface area contributed by atoms with Crippen molar-refractivity contribution in [2.75, 3.05) is 19.0 Å². The summed E-state index contributed by atoms with van der Waals surface area (Å²) in [5, 5.41) is 13.2. The second kappa shape index (κ2) is 6.85. The molecule has 1 aromatic carbocycles. The standard InChI is InChI=1S/C14H18N4O3/c1-9(8-20-3)15-14(19)16-12-6-4-11(5-7-12)13-18-17-10(2)21-13/h4-7,9H,8H2,1-3H3,(H2,15,16,19)/t9-/m1/s1. The van der Waals surface area contributed by atoms with Gasteiger partial charge in [-0.25, -0.2) is 4.79 Å². The molecule has 2 rings (SSSR count). The van der Waals surface area contributed by atoms with E-state index in [1.54, 1.807) is 38.3 Å². The van der Waals surface area contributed by atoms with Gasteiger partial charge in [-0.2, -0.15) is 0 Å². The fourth-order valence-corrected chi connectivity index (χ4v) is 1.79. The number of amides is 2. The third-order valence-corrected chi connectivity index (χ3v) is 2.71. The van der Waals surface area contributed by atoms with Crippen molar-refractivity contribution in [3.63, 3.8) is 0 Å². The van der Waals surface area contributed by atoms with E-state index in [9.17, 15) is 4.79 Å². The maximum absolute atomic E-state index is 11.7. The van der Waals surface area contributed by atoms with Gasteiger partial charge in [-0.15, -0.1) is 10.2 Å². The summed E-state index contributed by atoms with van der Waals surface area (Å²) in [6, 6.07) is 6.82. The van der Waals surface area contributed by atoms with Crippen LogP contribution in [0, 0.1) is 6.92 Å². The van der Waals surface area contributed by atoms with E-state index in [0.717, 1.165) is 5.56 Å². The molecule has 2 N–H and O–H groups in total. The molecule has 7 nitrogen and oxygen atoms in total. The van der Waals surface area contributed by atoms with E-state index >= 15 is 0 Å². The average Bonchev–Trinajstić information content (AvgIpc) is 2.86. The average molecular weight is 290 g/mol. The molecule has 112 valence electrons. The van der Waals surface area contributed by atoms with E-state index in [1.807, 2.05) is 6.92 Å². The normalized spacial score (nSPS) is 12.0. The number of aromatic nitrogens is 2. The van der Waals surface area contributed by atoms with Gasteiger partial charge in [0.1, 0.15) is 0 Å². The van der Waals surface area contributed by atoms with Crippen molar-refractivity contribution in [1.29, 1.82) is 0 Å². The van der Waals surface area contributed by atoms with Crippen LogP contribution >= 0.6 is 0 Å². The van der Waals surface area contributed by atoms with E-state index in [-0.39, 0.29) is 12.1 Å². The van der Waals surface area contributed by atoms with Gasteiger partial charge in [0, 0.05) is 25.3 Å². The van der Waals surface area contributed by atoms with E-state index in [2.05, 4.69) is 20.8 Å². The molecule has 0 spiro atoms. The number of methoxy groups -OCH3 is 1. The van der Waals surface area contributed by atoms with Gasteiger partial charge in [0.15, 0.2) is 0 Å². The third-order valence-electron chi connectivity index (χ3n) is 2.71. The maximum Gasteiger partial charge on any atom is 0.319 e. The fraction of sp³-hybridized carbons (Fsp3) is 0.357. The van der Waals surface area contributed by atoms with Crippen molar-refractivity contribution in [3.8, 4) is 11.5 Å². The summed E-state index contributed by atoms with van der Waals surface area (Å²) in [7, 11) is 1.59. The number of urea groups is 1. The Balaban J connectivity index is 1.95. The van der Waals surface area contributed by atoms with E-state index < -0.39 is 0 Å². The zero-order valence-electron chi connectivity index (χ0n) is 12.2. The number of carbonyl (C=O) groups is 1. The van der Waals surface area contributed by atoms with Crippen LogP contribution in [0.25, 0.3) is 11.5 Å². The Morgan fingerprint density at radius 2 is 2.05 bits per heavy atom. The van der Waals surface area contributed by atoms with Crippen molar-refractivity contribution in [2.24, 2.45) is 0 Å². The Morgan fingerprint density at radius 3 is 2.62 bits per heavy atom. The predicted molar refractivity (Wildman–Crippen MR) is 78.0 cm³/mol.